The van der Waals surface area contributed by atoms with Gasteiger partial charge < -0.3 is 94.3 Å². The van der Waals surface area contributed by atoms with Crippen molar-refractivity contribution in [2.24, 2.45) is 33.9 Å². The zero-order chi connectivity index (χ0) is 102. The predicted octanol–water partition coefficient (Wildman–Crippen LogP) is 25.4. The fraction of sp³-hybridized carbons (Fsp3) is 0.374. The molecule has 32 heteroatoms. The molecule has 32 nitrogen and oxygen atoms in total. The minimum absolute atomic E-state index is 0.132. The lowest BCUT2D eigenvalue weighted by Gasteiger charge is -2.30. The quantitative estimate of drug-likeness (QED) is 0.0105. The van der Waals surface area contributed by atoms with Gasteiger partial charge in [-0.1, -0.05) is 104 Å². The first-order valence-corrected chi connectivity index (χ1v) is 50.4. The molecule has 2 aliphatic heterocycles. The van der Waals surface area contributed by atoms with Gasteiger partial charge in [0.1, 0.15) is 114 Å². The van der Waals surface area contributed by atoms with Crippen molar-refractivity contribution in [1.29, 1.82) is 10.8 Å². The number of ether oxygens (including phenoxy) is 12. The summed E-state index contributed by atoms with van der Waals surface area (Å²) >= 11 is 0. The minimum Gasteiger partial charge on any atom is -0.496 e. The molecule has 4 saturated carbocycles. The van der Waals surface area contributed by atoms with E-state index in [1.807, 2.05) is 109 Å². The third kappa shape index (κ3) is 23.7. The fourth-order valence-electron chi connectivity index (χ4n) is 21.2. The third-order valence-corrected chi connectivity index (χ3v) is 29.1. The number of H-pyrrole nitrogens is 2. The molecule has 0 radical (unpaired) electrons. The summed E-state index contributed by atoms with van der Waals surface area (Å²) in [5.74, 6) is 17.7. The predicted molar refractivity (Wildman–Crippen MR) is 560 cm³/mol. The zero-order valence-electron chi connectivity index (χ0n) is 84.8. The van der Waals surface area contributed by atoms with Crippen molar-refractivity contribution < 1.29 is 94.8 Å². The number of nitrogens with zero attached hydrogens (tertiary/aromatic N) is 8. The van der Waals surface area contributed by atoms with E-state index in [0.29, 0.717) is 202 Å². The van der Waals surface area contributed by atoms with Crippen LogP contribution in [0.5, 0.6) is 57.5 Å². The Kier molecular flexibility index (Phi) is 31.3. The first-order chi connectivity index (χ1) is 71.7. The van der Waals surface area contributed by atoms with Crippen LogP contribution in [-0.4, -0.2) is 157 Å². The van der Waals surface area contributed by atoms with Crippen LogP contribution >= 0.6 is 0 Å². The van der Waals surface area contributed by atoms with Gasteiger partial charge in [0, 0.05) is 48.5 Å². The molecule has 766 valence electrons. The molecule has 4 aliphatic carbocycles. The summed E-state index contributed by atoms with van der Waals surface area (Å²) in [4.78, 5) is 33.1. The van der Waals surface area contributed by atoms with Crippen LogP contribution in [-0.2, 0) is 44.6 Å². The topological polar surface area (TPSA) is 388 Å². The molecule has 8 atom stereocenters. The number of methoxy groups -OCH3 is 8. The summed E-state index contributed by atoms with van der Waals surface area (Å²) in [5, 5.41) is 45.4. The summed E-state index contributed by atoms with van der Waals surface area (Å²) in [5.41, 5.74) is 15.1. The number of rotatable bonds is 30. The standard InChI is InChI=1S/C30H35N3O4.C29H31N3O4.C28H29N3O6.C28H31N3O6/c1-18-8-9-23(19(2)10-18)21-7-5-6-20(11-21)17-36-26-12-22(34-3)13-27-24(26)14-28(37-27)25-16-32-30(33-25)15-29(31)35-4;1-18-7-9-20(10-8-18)21-6-4-5-19(11-21)17-35-25-12-22(33-2)13-26-23(25)14-27(36-26)24-16-32-28(30-24)15-29(31-32)34-3;1-33-21-11-24(35-16-17-4-3-5-19(10-17)18-6-8-20(37-32)9-7-18)22-13-26(36-25(22)12-21)23-15-31-27(29-23)14-28(30-31)34-2;1-33-21-11-24(35-16-17-4-3-5-19(10-17)18-6-8-20(37-32)9-7-18)22-13-26(36-25(22)12-21)23-15-30-28(31-23)14-27(29)34-2/h8-10,12-14,16,20-21,31H,5-7,11,15,17H2,1-4H3,(H,32,33);7-10,12-14,16,19,21H,4-6,11,15,17H2,1-3H3;6-9,11-13,15,17,19,32H,3-5,10,14,16H2,1-2H3;6-9,11-13,15,17,19,29,32H,3-5,10,14,16H2,1-2H3,(H,30,31). The number of aromatic nitrogens is 8. The molecule has 0 spiro atoms. The van der Waals surface area contributed by atoms with E-state index in [4.69, 9.17) is 101 Å². The van der Waals surface area contributed by atoms with Crippen LogP contribution in [0, 0.1) is 55.3 Å². The molecule has 0 amide bonds. The Morgan fingerprint density at radius 2 is 0.707 bits per heavy atom. The van der Waals surface area contributed by atoms with Crippen LogP contribution in [0.3, 0.4) is 0 Å². The number of aromatic amines is 2. The van der Waals surface area contributed by atoms with Gasteiger partial charge in [-0.25, -0.2) is 39.8 Å². The number of nitrogens with one attached hydrogen (secondary N) is 4. The van der Waals surface area contributed by atoms with E-state index >= 15 is 0 Å². The number of fused-ring (bicyclic) bond motifs is 6. The summed E-state index contributed by atoms with van der Waals surface area (Å²) < 4.78 is 96.2. The van der Waals surface area contributed by atoms with Gasteiger partial charge in [-0.2, -0.15) is 0 Å². The van der Waals surface area contributed by atoms with Gasteiger partial charge in [0.25, 0.3) is 0 Å². The number of imidazole rings is 4. The lowest BCUT2D eigenvalue weighted by atomic mass is 9.77. The molecule has 147 heavy (non-hydrogen) atoms. The zero-order valence-corrected chi connectivity index (χ0v) is 84.8. The van der Waals surface area contributed by atoms with Crippen molar-refractivity contribution in [2.45, 2.75) is 173 Å². The molecule has 4 fully saturated rings. The van der Waals surface area contributed by atoms with Crippen LogP contribution in [0.2, 0.25) is 0 Å². The van der Waals surface area contributed by atoms with E-state index in [0.717, 1.165) is 137 Å². The van der Waals surface area contributed by atoms with Crippen molar-refractivity contribution in [3.05, 3.63) is 251 Å². The van der Waals surface area contributed by atoms with E-state index in [-0.39, 0.29) is 18.2 Å². The maximum Gasteiger partial charge on any atom is 0.214 e. The molecule has 8 unspecified atom stereocenters. The average Bonchev–Trinajstić information content (AvgIpc) is 1.63. The van der Waals surface area contributed by atoms with E-state index < -0.39 is 0 Å². The highest BCUT2D eigenvalue weighted by atomic mass is 17.1. The van der Waals surface area contributed by atoms with E-state index in [1.54, 1.807) is 88.7 Å². The molecule has 0 saturated heterocycles. The molecule has 22 rings (SSSR count). The van der Waals surface area contributed by atoms with Crippen LogP contribution in [0.4, 0.5) is 0 Å². The molecule has 8 aromatic carbocycles. The normalized spacial score (nSPS) is 18.3. The minimum atomic E-state index is 0.132. The first kappa shape index (κ1) is 100. The lowest BCUT2D eigenvalue weighted by molar-refractivity contribution is -0.137. The van der Waals surface area contributed by atoms with Crippen LogP contribution in [0.15, 0.2) is 216 Å². The Hall–Kier alpha value is -15.4. The Morgan fingerprint density at radius 3 is 1.04 bits per heavy atom. The van der Waals surface area contributed by atoms with Crippen molar-refractivity contribution >= 4 is 67.5 Å². The lowest BCUT2D eigenvalue weighted by Crippen LogP contribution is -2.20. The Labute approximate surface area is 851 Å². The Balaban J connectivity index is 0.000000123. The number of aryl methyl sites for hydroxylation is 3. The highest BCUT2D eigenvalue weighted by molar-refractivity contribution is 5.93. The van der Waals surface area contributed by atoms with Crippen molar-refractivity contribution in [1.82, 2.24) is 39.3 Å². The maximum absolute atomic E-state index is 8.84. The summed E-state index contributed by atoms with van der Waals surface area (Å²) in [6.45, 7) is 9.09. The Bertz CT molecular complexity index is 7340. The van der Waals surface area contributed by atoms with Gasteiger partial charge in [-0.3, -0.25) is 10.8 Å². The third-order valence-electron chi connectivity index (χ3n) is 29.1. The molecule has 10 heterocycles. The second-order valence-electron chi connectivity index (χ2n) is 39.0. The molecule has 8 aromatic heterocycles. The smallest absolute Gasteiger partial charge is 0.214 e. The average molecular weight is 2000 g/mol. The van der Waals surface area contributed by atoms with E-state index in [1.165, 1.54) is 91.7 Å². The summed E-state index contributed by atoms with van der Waals surface area (Å²) in [6.07, 6.45) is 27.3. The number of hydrogen-bond acceptors (Lipinski definition) is 28. The van der Waals surface area contributed by atoms with Gasteiger partial charge in [0.15, 0.2) is 46.3 Å². The molecule has 6 N–H and O–H groups in total. The largest absolute Gasteiger partial charge is 0.496 e. The highest BCUT2D eigenvalue weighted by Crippen LogP contribution is 2.48. The van der Waals surface area contributed by atoms with Gasteiger partial charge in [0.05, 0.1) is 155 Å². The number of furan rings is 4. The van der Waals surface area contributed by atoms with Gasteiger partial charge in [0.2, 0.25) is 11.8 Å². The van der Waals surface area contributed by atoms with Crippen molar-refractivity contribution in [3.63, 3.8) is 0 Å². The van der Waals surface area contributed by atoms with E-state index in [9.17, 15) is 0 Å². The van der Waals surface area contributed by atoms with Crippen LogP contribution in [0.1, 0.15) is 189 Å². The summed E-state index contributed by atoms with van der Waals surface area (Å²) in [7, 11) is 12.8. The van der Waals surface area contributed by atoms with Gasteiger partial charge in [-0.15, -0.1) is 10.2 Å². The second kappa shape index (κ2) is 45.9. The van der Waals surface area contributed by atoms with Crippen LogP contribution < -0.4 is 47.7 Å². The van der Waals surface area contributed by atoms with Gasteiger partial charge >= 0.3 is 0 Å². The first-order valence-electron chi connectivity index (χ1n) is 50.4. The second-order valence-corrected chi connectivity index (χ2v) is 39.0. The summed E-state index contributed by atoms with van der Waals surface area (Å²) in [6, 6.07) is 54.2. The number of hydrogen-bond donors (Lipinski definition) is 6. The monoisotopic (exact) mass is 1990 g/mol. The fourth-order valence-corrected chi connectivity index (χ4v) is 21.2. The molecule has 6 aliphatic rings. The van der Waals surface area contributed by atoms with E-state index in [2.05, 4.69) is 108 Å². The molecular formula is C115H126N12O20. The van der Waals surface area contributed by atoms with Gasteiger partial charge in [-0.05, 0) is 222 Å². The van der Waals surface area contributed by atoms with Crippen molar-refractivity contribution in [2.75, 3.05) is 83.3 Å². The molecule has 0 bridgehead atoms. The molecule has 16 aromatic rings. The Morgan fingerprint density at radius 1 is 0.374 bits per heavy atom. The SMILES string of the molecule is COC(=N)Cc1ncc(-c2cc3c(OCC4CCCC(c5ccc(C)cc5C)C4)cc(OC)cc3o2)[nH]1.COC(=N)Cc1ncc(-c2cc3c(OCC4CCCC(c5ccc(OO)cc5)C4)cc(OC)cc3o2)[nH]1.COC1=Nn2cc(-c3cc4c(OCC5CCCC(c6ccc(C)cc6)C5)cc(OC)cc4o3)nc2C1.COC1=Nn2cc(-c3cc4c(OCC5CCCC(c6ccc(OO)cc6)C5)cc(OC)cc4o3)nc2C1. The maximum atomic E-state index is 8.84. The van der Waals surface area contributed by atoms with Crippen LogP contribution in [0.25, 0.3) is 89.7 Å². The number of benzene rings is 8. The van der Waals surface area contributed by atoms with Crippen molar-refractivity contribution in [3.8, 4) is 103 Å². The highest BCUT2D eigenvalue weighted by Gasteiger charge is 2.33. The molecular weight excluding hydrogens is 1870 g/mol.